The van der Waals surface area contributed by atoms with Gasteiger partial charge < -0.3 is 5.32 Å². The number of fused-ring (bicyclic) bond motifs is 1. The maximum Gasteiger partial charge on any atom is 0.275 e. The van der Waals surface area contributed by atoms with Crippen LogP contribution in [0.3, 0.4) is 0 Å². The lowest BCUT2D eigenvalue weighted by molar-refractivity contribution is 0.101. The van der Waals surface area contributed by atoms with Gasteiger partial charge in [0.05, 0.1) is 16.1 Å². The fourth-order valence-electron chi connectivity index (χ4n) is 2.73. The summed E-state index contributed by atoms with van der Waals surface area (Å²) in [4.78, 5) is 16.9. The summed E-state index contributed by atoms with van der Waals surface area (Å²) in [5, 5.41) is 11.9. The molecule has 0 spiro atoms. The third-order valence-corrected chi connectivity index (χ3v) is 4.84. The smallest absolute Gasteiger partial charge is 0.275 e. The quantitative estimate of drug-likeness (QED) is 0.601. The van der Waals surface area contributed by atoms with E-state index < -0.39 is 0 Å². The Morgan fingerprint density at radius 2 is 1.96 bits per heavy atom. The van der Waals surface area contributed by atoms with Crippen molar-refractivity contribution in [1.82, 2.24) is 24.5 Å². The predicted octanol–water partition coefficient (Wildman–Crippen LogP) is 3.22. The maximum atomic E-state index is 13.9. The standard InChI is InChI=1S/C17H15FN6OS/c1-9-7-12(23(3)21-9)16(25)19-14-8-10(2)22-24(14)17-20-15-11(18)5-4-6-13(15)26-17/h4-8H,1-3H3,(H,19,25). The van der Waals surface area contributed by atoms with Gasteiger partial charge in [0.25, 0.3) is 5.91 Å². The first kappa shape index (κ1) is 16.4. The van der Waals surface area contributed by atoms with Crippen LogP contribution in [0.4, 0.5) is 10.2 Å². The molecule has 1 aromatic carbocycles. The summed E-state index contributed by atoms with van der Waals surface area (Å²) in [7, 11) is 1.71. The molecule has 4 rings (SSSR count). The van der Waals surface area contributed by atoms with Crippen LogP contribution in [0.1, 0.15) is 21.9 Å². The topological polar surface area (TPSA) is 77.6 Å². The molecule has 0 bridgehead atoms. The molecule has 1 amide bonds. The highest BCUT2D eigenvalue weighted by atomic mass is 32.1. The van der Waals surface area contributed by atoms with Gasteiger partial charge in [-0.2, -0.15) is 14.9 Å². The van der Waals surface area contributed by atoms with Gasteiger partial charge in [-0.25, -0.2) is 9.37 Å². The molecule has 0 saturated carbocycles. The number of hydrogen-bond donors (Lipinski definition) is 1. The number of aryl methyl sites for hydroxylation is 3. The van der Waals surface area contributed by atoms with E-state index in [0.29, 0.717) is 32.6 Å². The summed E-state index contributed by atoms with van der Waals surface area (Å²) in [6.45, 7) is 3.63. The third kappa shape index (κ3) is 2.76. The van der Waals surface area contributed by atoms with E-state index in [1.807, 2.05) is 13.8 Å². The first-order chi connectivity index (χ1) is 12.4. The number of nitrogens with one attached hydrogen (secondary N) is 1. The molecule has 26 heavy (non-hydrogen) atoms. The summed E-state index contributed by atoms with van der Waals surface area (Å²) >= 11 is 1.30. The summed E-state index contributed by atoms with van der Waals surface area (Å²) in [6.07, 6.45) is 0. The lowest BCUT2D eigenvalue weighted by atomic mass is 10.3. The molecule has 0 atom stereocenters. The van der Waals surface area contributed by atoms with E-state index in [1.165, 1.54) is 26.8 Å². The molecule has 0 unspecified atom stereocenters. The number of aromatic nitrogens is 5. The number of benzene rings is 1. The normalized spacial score (nSPS) is 11.2. The number of carbonyl (C=O) groups excluding carboxylic acids is 1. The van der Waals surface area contributed by atoms with Crippen LogP contribution >= 0.6 is 11.3 Å². The van der Waals surface area contributed by atoms with Crippen molar-refractivity contribution in [3.63, 3.8) is 0 Å². The van der Waals surface area contributed by atoms with Gasteiger partial charge in [0.1, 0.15) is 22.8 Å². The number of carbonyl (C=O) groups is 1. The van der Waals surface area contributed by atoms with Crippen LogP contribution in [0, 0.1) is 19.7 Å². The Kier molecular flexibility index (Phi) is 3.80. The zero-order valence-corrected chi connectivity index (χ0v) is 15.1. The molecular weight excluding hydrogens is 355 g/mol. The van der Waals surface area contributed by atoms with E-state index in [0.717, 1.165) is 5.69 Å². The van der Waals surface area contributed by atoms with E-state index >= 15 is 0 Å². The number of para-hydroxylation sites is 1. The van der Waals surface area contributed by atoms with Crippen LogP contribution in [0.5, 0.6) is 0 Å². The average molecular weight is 370 g/mol. The van der Waals surface area contributed by atoms with Gasteiger partial charge in [-0.1, -0.05) is 17.4 Å². The lowest BCUT2D eigenvalue weighted by Crippen LogP contribution is -2.18. The van der Waals surface area contributed by atoms with Crippen molar-refractivity contribution < 1.29 is 9.18 Å². The van der Waals surface area contributed by atoms with Gasteiger partial charge in [0.2, 0.25) is 5.13 Å². The second-order valence-electron chi connectivity index (χ2n) is 5.91. The van der Waals surface area contributed by atoms with Crippen molar-refractivity contribution in [3.8, 4) is 5.13 Å². The van der Waals surface area contributed by atoms with Crippen LogP contribution in [-0.2, 0) is 7.05 Å². The molecular formula is C17H15FN6OS. The Bertz CT molecular complexity index is 1140. The Morgan fingerprint density at radius 1 is 1.19 bits per heavy atom. The lowest BCUT2D eigenvalue weighted by Gasteiger charge is -2.06. The molecule has 3 aromatic heterocycles. The zero-order valence-electron chi connectivity index (χ0n) is 14.3. The molecule has 1 N–H and O–H groups in total. The predicted molar refractivity (Wildman–Crippen MR) is 97.3 cm³/mol. The van der Waals surface area contributed by atoms with E-state index in [1.54, 1.807) is 31.3 Å². The Morgan fingerprint density at radius 3 is 2.65 bits per heavy atom. The molecule has 4 aromatic rings. The molecule has 0 radical (unpaired) electrons. The Hall–Kier alpha value is -3.07. The summed E-state index contributed by atoms with van der Waals surface area (Å²) in [5.41, 5.74) is 2.19. The minimum atomic E-state index is -0.384. The number of nitrogens with zero attached hydrogens (tertiary/aromatic N) is 5. The van der Waals surface area contributed by atoms with E-state index in [2.05, 4.69) is 20.5 Å². The summed E-state index contributed by atoms with van der Waals surface area (Å²) in [5.74, 6) is -0.225. The number of halogens is 1. The zero-order chi connectivity index (χ0) is 18.4. The fourth-order valence-corrected chi connectivity index (χ4v) is 3.68. The number of hydrogen-bond acceptors (Lipinski definition) is 5. The second kappa shape index (κ2) is 6.03. The number of rotatable bonds is 3. The largest absolute Gasteiger partial charge is 0.305 e. The van der Waals surface area contributed by atoms with Gasteiger partial charge in [-0.15, -0.1) is 0 Å². The van der Waals surface area contributed by atoms with Gasteiger partial charge in [-0.3, -0.25) is 9.48 Å². The molecule has 3 heterocycles. The van der Waals surface area contributed by atoms with Crippen LogP contribution < -0.4 is 5.32 Å². The highest BCUT2D eigenvalue weighted by Crippen LogP contribution is 2.28. The van der Waals surface area contributed by atoms with Crippen LogP contribution in [0.15, 0.2) is 30.3 Å². The monoisotopic (exact) mass is 370 g/mol. The van der Waals surface area contributed by atoms with Crippen LogP contribution in [0.25, 0.3) is 15.3 Å². The van der Waals surface area contributed by atoms with Crippen molar-refractivity contribution in [3.05, 3.63) is 53.2 Å². The molecule has 7 nitrogen and oxygen atoms in total. The van der Waals surface area contributed by atoms with Gasteiger partial charge in [-0.05, 0) is 32.0 Å². The minimum absolute atomic E-state index is 0.292. The molecule has 0 aliphatic carbocycles. The van der Waals surface area contributed by atoms with Gasteiger partial charge >= 0.3 is 0 Å². The molecule has 132 valence electrons. The van der Waals surface area contributed by atoms with E-state index in [-0.39, 0.29) is 11.7 Å². The SMILES string of the molecule is Cc1cc(C(=O)Nc2cc(C)nn2-c2nc3c(F)cccc3s2)n(C)n1. The molecule has 0 aliphatic rings. The highest BCUT2D eigenvalue weighted by Gasteiger charge is 2.18. The molecule has 9 heteroatoms. The van der Waals surface area contributed by atoms with Crippen molar-refractivity contribution >= 4 is 33.3 Å². The first-order valence-corrected chi connectivity index (χ1v) is 8.68. The van der Waals surface area contributed by atoms with Crippen molar-refractivity contribution in [2.24, 2.45) is 7.05 Å². The maximum absolute atomic E-state index is 13.9. The van der Waals surface area contributed by atoms with Gasteiger partial charge in [0, 0.05) is 13.1 Å². The van der Waals surface area contributed by atoms with Crippen LogP contribution in [-0.4, -0.2) is 30.5 Å². The third-order valence-electron chi connectivity index (χ3n) is 3.85. The molecule has 0 saturated heterocycles. The first-order valence-electron chi connectivity index (χ1n) is 7.86. The minimum Gasteiger partial charge on any atom is -0.305 e. The van der Waals surface area contributed by atoms with Crippen molar-refractivity contribution in [1.29, 1.82) is 0 Å². The number of amides is 1. The molecule has 0 aliphatic heterocycles. The van der Waals surface area contributed by atoms with E-state index in [4.69, 9.17) is 0 Å². The Labute approximate surface area is 152 Å². The van der Waals surface area contributed by atoms with E-state index in [9.17, 15) is 9.18 Å². The fraction of sp³-hybridized carbons (Fsp3) is 0.176. The van der Waals surface area contributed by atoms with Gasteiger partial charge in [0.15, 0.2) is 0 Å². The molecule has 0 fully saturated rings. The number of thiazole rings is 1. The number of anilines is 1. The summed E-state index contributed by atoms with van der Waals surface area (Å²) in [6, 6.07) is 8.25. The van der Waals surface area contributed by atoms with Crippen molar-refractivity contribution in [2.75, 3.05) is 5.32 Å². The second-order valence-corrected chi connectivity index (χ2v) is 6.92. The average Bonchev–Trinajstić information content (AvgIpc) is 3.25. The summed E-state index contributed by atoms with van der Waals surface area (Å²) < 4.78 is 17.7. The van der Waals surface area contributed by atoms with Crippen molar-refractivity contribution in [2.45, 2.75) is 13.8 Å². The highest BCUT2D eigenvalue weighted by molar-refractivity contribution is 7.20. The van der Waals surface area contributed by atoms with Crippen LogP contribution in [0.2, 0.25) is 0 Å². The Balaban J connectivity index is 1.73.